The summed E-state index contributed by atoms with van der Waals surface area (Å²) in [6.07, 6.45) is 5.75. The lowest BCUT2D eigenvalue weighted by atomic mass is 10.2. The summed E-state index contributed by atoms with van der Waals surface area (Å²) < 4.78 is 8.85. The molecule has 7 heteroatoms. The Bertz CT molecular complexity index is 1090. The van der Waals surface area contributed by atoms with Crippen molar-refractivity contribution in [2.45, 2.75) is 6.92 Å². The first-order valence-electron chi connectivity index (χ1n) is 8.19. The van der Waals surface area contributed by atoms with Crippen molar-refractivity contribution >= 4 is 17.8 Å². The van der Waals surface area contributed by atoms with E-state index in [-0.39, 0.29) is 0 Å². The first-order chi connectivity index (χ1) is 12.6. The molecule has 1 aromatic carbocycles. The summed E-state index contributed by atoms with van der Waals surface area (Å²) in [5.74, 6) is 2.66. The lowest BCUT2D eigenvalue weighted by Crippen LogP contribution is -1.99. The molecule has 0 radical (unpaired) electrons. The molecule has 0 saturated carbocycles. The largest absolute Gasteiger partial charge is 0.481 e. The molecule has 0 bridgehead atoms. The van der Waals surface area contributed by atoms with Gasteiger partial charge in [-0.2, -0.15) is 9.50 Å². The normalized spacial score (nSPS) is 11.5. The molecule has 3 aromatic heterocycles. The minimum Gasteiger partial charge on any atom is -0.481 e. The van der Waals surface area contributed by atoms with Gasteiger partial charge in [0.15, 0.2) is 11.5 Å². The van der Waals surface area contributed by atoms with Crippen molar-refractivity contribution in [3.05, 3.63) is 60.1 Å². The number of fused-ring (bicyclic) bond motifs is 1. The van der Waals surface area contributed by atoms with E-state index in [4.69, 9.17) is 4.74 Å². The first-order valence-corrected chi connectivity index (χ1v) is 8.19. The van der Waals surface area contributed by atoms with E-state index < -0.39 is 0 Å². The molecule has 0 aliphatic heterocycles. The van der Waals surface area contributed by atoms with Gasteiger partial charge in [0.1, 0.15) is 11.6 Å². The van der Waals surface area contributed by atoms with Gasteiger partial charge < -0.3 is 9.30 Å². The van der Waals surface area contributed by atoms with E-state index in [1.165, 1.54) is 0 Å². The number of rotatable bonds is 4. The average Bonchev–Trinajstić information content (AvgIpc) is 3.24. The zero-order chi connectivity index (χ0) is 18.1. The van der Waals surface area contributed by atoms with Gasteiger partial charge in [0, 0.05) is 24.9 Å². The van der Waals surface area contributed by atoms with Crippen molar-refractivity contribution in [3.63, 3.8) is 0 Å². The van der Waals surface area contributed by atoms with Gasteiger partial charge in [-0.1, -0.05) is 30.3 Å². The molecule has 130 valence electrons. The molecule has 3 heterocycles. The maximum Gasteiger partial charge on any atom is 0.218 e. The van der Waals surface area contributed by atoms with Gasteiger partial charge in [0.25, 0.3) is 0 Å². The van der Waals surface area contributed by atoms with Crippen LogP contribution in [0.2, 0.25) is 0 Å². The molecule has 4 aromatic rings. The third kappa shape index (κ3) is 2.95. The second-order valence-electron chi connectivity index (χ2n) is 5.88. The van der Waals surface area contributed by atoms with Crippen LogP contribution in [0.3, 0.4) is 0 Å². The standard InChI is InChI=1S/C19H18N6O/c1-13-20-19(26-3)11-18-22-16(23-25(13)18)9-10-17-21-15(12-24(17)2)14-7-5-4-6-8-14/h4-12H,1-3H3. The molecule has 0 unspecified atom stereocenters. The number of hydrogen-bond donors (Lipinski definition) is 0. The maximum absolute atomic E-state index is 5.18. The Hall–Kier alpha value is -3.48. The van der Waals surface area contributed by atoms with Crippen LogP contribution in [0, 0.1) is 6.92 Å². The number of methoxy groups -OCH3 is 1. The van der Waals surface area contributed by atoms with Crippen LogP contribution in [0.25, 0.3) is 29.1 Å². The Labute approximate surface area is 150 Å². The van der Waals surface area contributed by atoms with Gasteiger partial charge in [0.2, 0.25) is 5.88 Å². The fraction of sp³-hybridized carbons (Fsp3) is 0.158. The van der Waals surface area contributed by atoms with E-state index in [0.717, 1.165) is 22.9 Å². The molecule has 0 amide bonds. The number of nitrogens with zero attached hydrogens (tertiary/aromatic N) is 6. The van der Waals surface area contributed by atoms with Crippen LogP contribution in [0.5, 0.6) is 5.88 Å². The highest BCUT2D eigenvalue weighted by molar-refractivity contribution is 5.67. The van der Waals surface area contributed by atoms with Gasteiger partial charge in [-0.3, -0.25) is 0 Å². The molecule has 0 aliphatic carbocycles. The first kappa shape index (κ1) is 16.0. The molecular formula is C19H18N6O. The molecule has 0 atom stereocenters. The fourth-order valence-electron chi connectivity index (χ4n) is 2.73. The number of benzene rings is 1. The SMILES string of the molecule is COc1cc2nc(C=Cc3nc(-c4ccccc4)cn3C)nn2c(C)n1. The maximum atomic E-state index is 5.18. The van der Waals surface area contributed by atoms with Gasteiger partial charge >= 0.3 is 0 Å². The van der Waals surface area contributed by atoms with E-state index >= 15 is 0 Å². The van der Waals surface area contributed by atoms with Crippen molar-refractivity contribution in [2.24, 2.45) is 7.05 Å². The molecular weight excluding hydrogens is 328 g/mol. The highest BCUT2D eigenvalue weighted by atomic mass is 16.5. The monoisotopic (exact) mass is 346 g/mol. The number of aryl methyl sites for hydroxylation is 2. The fourth-order valence-corrected chi connectivity index (χ4v) is 2.73. The van der Waals surface area contributed by atoms with Gasteiger partial charge in [-0.05, 0) is 19.1 Å². The number of ether oxygens (including phenoxy) is 1. The highest BCUT2D eigenvalue weighted by Crippen LogP contribution is 2.19. The average molecular weight is 346 g/mol. The van der Waals surface area contributed by atoms with E-state index in [1.807, 2.05) is 67.2 Å². The predicted molar refractivity (Wildman–Crippen MR) is 99.6 cm³/mol. The van der Waals surface area contributed by atoms with Crippen LogP contribution in [0.15, 0.2) is 42.6 Å². The summed E-state index contributed by atoms with van der Waals surface area (Å²) in [5.41, 5.74) is 2.71. The second kappa shape index (κ2) is 6.44. The third-order valence-electron chi connectivity index (χ3n) is 4.05. The van der Waals surface area contributed by atoms with Crippen molar-refractivity contribution in [1.82, 2.24) is 29.1 Å². The molecule has 7 nitrogen and oxygen atoms in total. The Kier molecular flexibility index (Phi) is 3.96. The minimum atomic E-state index is 0.523. The Morgan fingerprint density at radius 1 is 1.04 bits per heavy atom. The molecule has 0 spiro atoms. The second-order valence-corrected chi connectivity index (χ2v) is 5.88. The van der Waals surface area contributed by atoms with Crippen LogP contribution < -0.4 is 4.74 Å². The van der Waals surface area contributed by atoms with Crippen molar-refractivity contribution in [3.8, 4) is 17.1 Å². The van der Waals surface area contributed by atoms with E-state index in [1.54, 1.807) is 17.7 Å². The predicted octanol–water partition coefficient (Wildman–Crippen LogP) is 3.01. The van der Waals surface area contributed by atoms with Gasteiger partial charge in [-0.25, -0.2) is 9.97 Å². The van der Waals surface area contributed by atoms with Gasteiger partial charge in [-0.15, -0.1) is 5.10 Å². The summed E-state index contributed by atoms with van der Waals surface area (Å²) in [5, 5.41) is 4.46. The van der Waals surface area contributed by atoms with Crippen LogP contribution in [0.1, 0.15) is 17.5 Å². The van der Waals surface area contributed by atoms with Gasteiger partial charge in [0.05, 0.1) is 12.8 Å². The number of imidazole rings is 1. The summed E-state index contributed by atoms with van der Waals surface area (Å²) in [7, 11) is 3.55. The van der Waals surface area contributed by atoms with E-state index in [0.29, 0.717) is 17.4 Å². The van der Waals surface area contributed by atoms with Crippen molar-refractivity contribution < 1.29 is 4.74 Å². The van der Waals surface area contributed by atoms with Crippen molar-refractivity contribution in [2.75, 3.05) is 7.11 Å². The molecule has 4 rings (SSSR count). The molecule has 0 fully saturated rings. The zero-order valence-electron chi connectivity index (χ0n) is 14.8. The summed E-state index contributed by atoms with van der Waals surface area (Å²) in [4.78, 5) is 13.5. The zero-order valence-corrected chi connectivity index (χ0v) is 14.8. The summed E-state index contributed by atoms with van der Waals surface area (Å²) in [6.45, 7) is 1.86. The van der Waals surface area contributed by atoms with E-state index in [2.05, 4.69) is 20.1 Å². The number of hydrogen-bond acceptors (Lipinski definition) is 5. The molecule has 0 saturated heterocycles. The Morgan fingerprint density at radius 3 is 2.62 bits per heavy atom. The minimum absolute atomic E-state index is 0.523. The lowest BCUT2D eigenvalue weighted by molar-refractivity contribution is 0.395. The smallest absolute Gasteiger partial charge is 0.218 e. The Balaban J connectivity index is 1.65. The Morgan fingerprint density at radius 2 is 1.85 bits per heavy atom. The van der Waals surface area contributed by atoms with Crippen LogP contribution in [-0.4, -0.2) is 36.2 Å². The van der Waals surface area contributed by atoms with Crippen LogP contribution in [-0.2, 0) is 7.05 Å². The van der Waals surface area contributed by atoms with Crippen LogP contribution in [0.4, 0.5) is 0 Å². The topological polar surface area (TPSA) is 70.1 Å². The van der Waals surface area contributed by atoms with Crippen LogP contribution >= 0.6 is 0 Å². The summed E-state index contributed by atoms with van der Waals surface area (Å²) >= 11 is 0. The van der Waals surface area contributed by atoms with Crippen molar-refractivity contribution in [1.29, 1.82) is 0 Å². The number of aromatic nitrogens is 6. The highest BCUT2D eigenvalue weighted by Gasteiger charge is 2.08. The molecule has 0 N–H and O–H groups in total. The molecule has 26 heavy (non-hydrogen) atoms. The van der Waals surface area contributed by atoms with E-state index in [9.17, 15) is 0 Å². The molecule has 0 aliphatic rings. The summed E-state index contributed by atoms with van der Waals surface area (Å²) in [6, 6.07) is 11.8. The third-order valence-corrected chi connectivity index (χ3v) is 4.05. The quantitative estimate of drug-likeness (QED) is 0.568. The lowest BCUT2D eigenvalue weighted by Gasteiger charge is -2.00.